The zero-order chi connectivity index (χ0) is 24.5. The lowest BCUT2D eigenvalue weighted by molar-refractivity contribution is -0.139. The third-order valence-electron chi connectivity index (χ3n) is 5.95. The summed E-state index contributed by atoms with van der Waals surface area (Å²) in [5.41, 5.74) is 3.66. The van der Waals surface area contributed by atoms with Crippen molar-refractivity contribution in [1.82, 2.24) is 4.90 Å². The van der Waals surface area contributed by atoms with Crippen LogP contribution in [0.25, 0.3) is 0 Å². The summed E-state index contributed by atoms with van der Waals surface area (Å²) < 4.78 is 5.47. The molecule has 2 aliphatic heterocycles. The maximum atomic E-state index is 14.1. The van der Waals surface area contributed by atoms with Gasteiger partial charge in [-0.2, -0.15) is 0 Å². The lowest BCUT2D eigenvalue weighted by Gasteiger charge is -2.44. The molecule has 3 aromatic rings. The Labute approximate surface area is 208 Å². The summed E-state index contributed by atoms with van der Waals surface area (Å²) in [6, 6.07) is 22.8. The van der Waals surface area contributed by atoms with Gasteiger partial charge in [0.2, 0.25) is 5.96 Å². The van der Waals surface area contributed by atoms with Crippen LogP contribution >= 0.6 is 11.6 Å². The monoisotopic (exact) mass is 486 g/mol. The molecule has 0 bridgehead atoms. The third-order valence-corrected chi connectivity index (χ3v) is 6.20. The quantitative estimate of drug-likeness (QED) is 0.441. The van der Waals surface area contributed by atoms with Gasteiger partial charge >= 0.3 is 12.0 Å². The van der Waals surface area contributed by atoms with Crippen LogP contribution in [0, 0.1) is 0 Å². The van der Waals surface area contributed by atoms with E-state index in [0.717, 1.165) is 5.56 Å². The van der Waals surface area contributed by atoms with Gasteiger partial charge in [0, 0.05) is 22.0 Å². The number of nitrogens with zero attached hydrogens (tertiary/aromatic N) is 3. The number of guanidine groups is 1. The van der Waals surface area contributed by atoms with Gasteiger partial charge in [0.15, 0.2) is 0 Å². The van der Waals surface area contributed by atoms with Gasteiger partial charge in [-0.3, -0.25) is 9.80 Å². The highest BCUT2D eigenvalue weighted by Gasteiger charge is 2.47. The molecule has 3 aromatic carbocycles. The number of hydrogen-bond acceptors (Lipinski definition) is 5. The minimum absolute atomic E-state index is 0.216. The second kappa shape index (κ2) is 9.27. The van der Waals surface area contributed by atoms with E-state index in [1.807, 2.05) is 54.6 Å². The molecule has 1 atom stereocenters. The van der Waals surface area contributed by atoms with Gasteiger partial charge in [0.25, 0.3) is 0 Å². The van der Waals surface area contributed by atoms with Crippen LogP contribution in [0.4, 0.5) is 21.9 Å². The molecule has 0 saturated carbocycles. The van der Waals surface area contributed by atoms with E-state index in [0.29, 0.717) is 39.3 Å². The van der Waals surface area contributed by atoms with Gasteiger partial charge in [-0.15, -0.1) is 0 Å². The van der Waals surface area contributed by atoms with Gasteiger partial charge in [-0.1, -0.05) is 48.0 Å². The number of fused-ring (bicyclic) bond motifs is 3. The van der Waals surface area contributed by atoms with E-state index < -0.39 is 12.0 Å². The minimum Gasteiger partial charge on any atom is -0.463 e. The van der Waals surface area contributed by atoms with Gasteiger partial charge in [-0.05, 0) is 56.3 Å². The summed E-state index contributed by atoms with van der Waals surface area (Å²) in [4.78, 5) is 35.2. The number of ether oxygens (including phenoxy) is 1. The summed E-state index contributed by atoms with van der Waals surface area (Å²) in [5.74, 6) is -0.174. The molecule has 0 fully saturated rings. The first kappa shape index (κ1) is 22.7. The summed E-state index contributed by atoms with van der Waals surface area (Å²) in [6.07, 6.45) is 0. The summed E-state index contributed by atoms with van der Waals surface area (Å²) >= 11 is 6.06. The standard InChI is InChI=1S/C27H23ClN4O3/c1-3-35-25(33)23-17(2)31(20-9-5-4-6-10-20)27(34)32-24(23)21-11-7-8-12-22(21)30-26(32)29-19-15-13-18(28)14-16-19/h4-16,24H,3H2,1-2H3,(H,29,30). The van der Waals surface area contributed by atoms with Crippen molar-refractivity contribution < 1.29 is 14.3 Å². The van der Waals surface area contributed by atoms with Crippen LogP contribution in [0.15, 0.2) is 95.1 Å². The van der Waals surface area contributed by atoms with E-state index in [1.165, 1.54) is 9.80 Å². The first-order valence-corrected chi connectivity index (χ1v) is 11.6. The van der Waals surface area contributed by atoms with Crippen molar-refractivity contribution >= 4 is 46.6 Å². The first-order valence-electron chi connectivity index (χ1n) is 11.3. The molecule has 0 spiro atoms. The van der Waals surface area contributed by atoms with Crippen LogP contribution in [0.1, 0.15) is 25.5 Å². The molecule has 0 aromatic heterocycles. The molecule has 1 unspecified atom stereocenters. The molecule has 0 radical (unpaired) electrons. The van der Waals surface area contributed by atoms with Crippen molar-refractivity contribution in [3.05, 3.63) is 101 Å². The van der Waals surface area contributed by atoms with E-state index in [9.17, 15) is 9.59 Å². The second-order valence-electron chi connectivity index (χ2n) is 8.07. The second-order valence-corrected chi connectivity index (χ2v) is 8.51. The molecule has 7 nitrogen and oxygen atoms in total. The van der Waals surface area contributed by atoms with E-state index in [1.54, 1.807) is 38.1 Å². The van der Waals surface area contributed by atoms with Crippen molar-refractivity contribution in [3.8, 4) is 0 Å². The van der Waals surface area contributed by atoms with Crippen molar-refractivity contribution in [2.45, 2.75) is 19.9 Å². The molecular formula is C27H23ClN4O3. The number of urea groups is 1. The number of aliphatic imine (C=N–C) groups is 1. The number of hydrogen-bond donors (Lipinski definition) is 1. The smallest absolute Gasteiger partial charge is 0.338 e. The highest BCUT2D eigenvalue weighted by molar-refractivity contribution is 6.30. The number of carbonyl (C=O) groups excluding carboxylic acids is 2. The molecular weight excluding hydrogens is 464 g/mol. The molecule has 176 valence electrons. The van der Waals surface area contributed by atoms with Crippen LogP contribution in [-0.4, -0.2) is 29.5 Å². The number of rotatable bonds is 4. The Balaban J connectivity index is 1.72. The summed E-state index contributed by atoms with van der Waals surface area (Å²) in [6.45, 7) is 3.75. The molecule has 35 heavy (non-hydrogen) atoms. The Kier molecular flexibility index (Phi) is 6.01. The number of benzene rings is 3. The lowest BCUT2D eigenvalue weighted by atomic mass is 9.90. The molecule has 0 aliphatic carbocycles. The van der Waals surface area contributed by atoms with Gasteiger partial charge in [0.1, 0.15) is 6.04 Å². The van der Waals surface area contributed by atoms with Crippen LogP contribution in [0.2, 0.25) is 5.02 Å². The average molecular weight is 487 g/mol. The maximum absolute atomic E-state index is 14.1. The van der Waals surface area contributed by atoms with E-state index in [-0.39, 0.29) is 12.6 Å². The molecule has 0 saturated heterocycles. The molecule has 8 heteroatoms. The Morgan fingerprint density at radius 1 is 1.03 bits per heavy atom. The number of amides is 2. The normalized spacial score (nSPS) is 16.9. The SMILES string of the molecule is CCOC(=O)C1=C(C)N(c2ccccc2)C(=O)N2C(Nc3ccc(Cl)cc3)=Nc3ccccc3C12. The molecule has 2 amide bonds. The molecule has 2 aliphatic rings. The first-order chi connectivity index (χ1) is 17.0. The third kappa shape index (κ3) is 4.04. The van der Waals surface area contributed by atoms with Crippen LogP contribution in [0.5, 0.6) is 0 Å². The zero-order valence-electron chi connectivity index (χ0n) is 19.2. The number of allylic oxidation sites excluding steroid dienone is 1. The van der Waals surface area contributed by atoms with E-state index >= 15 is 0 Å². The Morgan fingerprint density at radius 3 is 2.43 bits per heavy atom. The largest absolute Gasteiger partial charge is 0.463 e. The molecule has 2 heterocycles. The summed E-state index contributed by atoms with van der Waals surface area (Å²) in [7, 11) is 0. The fourth-order valence-corrected chi connectivity index (χ4v) is 4.53. The maximum Gasteiger partial charge on any atom is 0.338 e. The van der Waals surface area contributed by atoms with Crippen LogP contribution in [0.3, 0.4) is 0 Å². The number of para-hydroxylation sites is 2. The van der Waals surface area contributed by atoms with Gasteiger partial charge in [-0.25, -0.2) is 14.6 Å². The minimum atomic E-state index is -0.704. The number of esters is 1. The predicted molar refractivity (Wildman–Crippen MR) is 137 cm³/mol. The predicted octanol–water partition coefficient (Wildman–Crippen LogP) is 6.27. The number of carbonyl (C=O) groups is 2. The number of nitrogens with one attached hydrogen (secondary N) is 1. The fourth-order valence-electron chi connectivity index (χ4n) is 4.40. The Hall–Kier alpha value is -4.10. The Morgan fingerprint density at radius 2 is 1.71 bits per heavy atom. The highest BCUT2D eigenvalue weighted by atomic mass is 35.5. The van der Waals surface area contributed by atoms with Crippen molar-refractivity contribution in [2.24, 2.45) is 4.99 Å². The van der Waals surface area contributed by atoms with Crippen LogP contribution in [-0.2, 0) is 9.53 Å². The Bertz CT molecular complexity index is 1350. The lowest BCUT2D eigenvalue weighted by Crippen LogP contribution is -2.56. The van der Waals surface area contributed by atoms with Crippen LogP contribution < -0.4 is 10.2 Å². The average Bonchev–Trinajstić information content (AvgIpc) is 2.86. The van der Waals surface area contributed by atoms with Crippen molar-refractivity contribution in [3.63, 3.8) is 0 Å². The molecule has 1 N–H and O–H groups in total. The van der Waals surface area contributed by atoms with Gasteiger partial charge < -0.3 is 10.1 Å². The number of halogens is 1. The number of anilines is 2. The van der Waals surface area contributed by atoms with Gasteiger partial charge in [0.05, 0.1) is 23.6 Å². The topological polar surface area (TPSA) is 74.2 Å². The van der Waals surface area contributed by atoms with Crippen molar-refractivity contribution in [1.29, 1.82) is 0 Å². The fraction of sp³-hybridized carbons (Fsp3) is 0.148. The van der Waals surface area contributed by atoms with E-state index in [2.05, 4.69) is 5.32 Å². The van der Waals surface area contributed by atoms with E-state index in [4.69, 9.17) is 21.3 Å². The zero-order valence-corrected chi connectivity index (χ0v) is 20.0. The molecule has 5 rings (SSSR count). The van der Waals surface area contributed by atoms with Crippen molar-refractivity contribution in [2.75, 3.05) is 16.8 Å². The summed E-state index contributed by atoms with van der Waals surface area (Å²) in [5, 5.41) is 3.85. The highest BCUT2D eigenvalue weighted by Crippen LogP contribution is 2.45.